The molecule has 2 N–H and O–H groups in total. The van der Waals surface area contributed by atoms with Crippen LogP contribution in [-0.4, -0.2) is 22.4 Å². The van der Waals surface area contributed by atoms with Crippen LogP contribution in [0.25, 0.3) is 0 Å². The molecule has 0 saturated heterocycles. The molecule has 3 saturated carbocycles. The summed E-state index contributed by atoms with van der Waals surface area (Å²) in [5.74, 6) is 4.31. The van der Waals surface area contributed by atoms with E-state index in [1.54, 1.807) is 0 Å². The van der Waals surface area contributed by atoms with Crippen LogP contribution < -0.4 is 0 Å². The van der Waals surface area contributed by atoms with Crippen LogP contribution in [0.1, 0.15) is 86.5 Å². The molecule has 4 aliphatic rings. The molecule has 170 valence electrons. The van der Waals surface area contributed by atoms with Gasteiger partial charge in [-0.15, -0.1) is 0 Å². The summed E-state index contributed by atoms with van der Waals surface area (Å²) in [6.07, 6.45) is 14.5. The van der Waals surface area contributed by atoms with Crippen molar-refractivity contribution in [3.05, 3.63) is 23.8 Å². The van der Waals surface area contributed by atoms with Crippen LogP contribution in [0.2, 0.25) is 0 Å². The number of hydrogen-bond acceptors (Lipinski definition) is 2. The van der Waals surface area contributed by atoms with E-state index in [4.69, 9.17) is 0 Å². The molecule has 0 aliphatic heterocycles. The van der Waals surface area contributed by atoms with Crippen molar-refractivity contribution in [1.29, 1.82) is 0 Å². The molecular weight excluding hydrogens is 368 g/mol. The lowest BCUT2D eigenvalue weighted by molar-refractivity contribution is -0.0950. The van der Waals surface area contributed by atoms with Crippen molar-refractivity contribution in [3.8, 4) is 0 Å². The van der Waals surface area contributed by atoms with Crippen molar-refractivity contribution in [2.45, 2.75) is 98.7 Å². The molecule has 0 aromatic rings. The summed E-state index contributed by atoms with van der Waals surface area (Å²) in [5, 5.41) is 21.5. The molecule has 10 unspecified atom stereocenters. The number of aliphatic hydroxyl groups excluding tert-OH is 2. The molecule has 0 spiro atoms. The van der Waals surface area contributed by atoms with Crippen molar-refractivity contribution < 1.29 is 10.2 Å². The predicted molar refractivity (Wildman–Crippen MR) is 125 cm³/mol. The molecule has 2 heteroatoms. The Morgan fingerprint density at radius 1 is 0.933 bits per heavy atom. The van der Waals surface area contributed by atoms with Gasteiger partial charge in [0.05, 0.1) is 12.2 Å². The van der Waals surface area contributed by atoms with Crippen molar-refractivity contribution in [2.24, 2.45) is 52.3 Å². The van der Waals surface area contributed by atoms with Gasteiger partial charge in [0.2, 0.25) is 0 Å². The van der Waals surface area contributed by atoms with Crippen LogP contribution in [0.3, 0.4) is 0 Å². The third-order valence-corrected chi connectivity index (χ3v) is 10.6. The van der Waals surface area contributed by atoms with E-state index in [0.29, 0.717) is 40.9 Å². The predicted octanol–water partition coefficient (Wildman–Crippen LogP) is 6.38. The Morgan fingerprint density at radius 2 is 1.67 bits per heavy atom. The Morgan fingerprint density at radius 3 is 2.37 bits per heavy atom. The molecule has 0 bridgehead atoms. The first-order valence-corrected chi connectivity index (χ1v) is 12.8. The second kappa shape index (κ2) is 8.07. The zero-order valence-electron chi connectivity index (χ0n) is 20.3. The standard InChI is InChI=1S/C28H46O2/c1-17(2)18(3)7-8-19(4)22-9-10-23-26-24(12-14-28(22,23)6)27(5)13-11-21(29)15-20(27)16-25(26)30/h7-8,16-19,21-26,29-30H,9-15H2,1-6H3. The van der Waals surface area contributed by atoms with Crippen LogP contribution in [-0.2, 0) is 0 Å². The Labute approximate surface area is 185 Å². The highest BCUT2D eigenvalue weighted by atomic mass is 16.3. The third kappa shape index (κ3) is 3.54. The summed E-state index contributed by atoms with van der Waals surface area (Å²) in [4.78, 5) is 0. The van der Waals surface area contributed by atoms with E-state index >= 15 is 0 Å². The highest BCUT2D eigenvalue weighted by Crippen LogP contribution is 2.67. The third-order valence-electron chi connectivity index (χ3n) is 10.6. The van der Waals surface area contributed by atoms with Crippen molar-refractivity contribution in [3.63, 3.8) is 0 Å². The van der Waals surface area contributed by atoms with E-state index < -0.39 is 0 Å². The molecule has 0 aromatic carbocycles. The summed E-state index contributed by atoms with van der Waals surface area (Å²) in [6.45, 7) is 14.4. The molecule has 30 heavy (non-hydrogen) atoms. The summed E-state index contributed by atoms with van der Waals surface area (Å²) in [7, 11) is 0. The van der Waals surface area contributed by atoms with Crippen LogP contribution in [0, 0.1) is 52.3 Å². The first kappa shape index (κ1) is 22.6. The summed E-state index contributed by atoms with van der Waals surface area (Å²) < 4.78 is 0. The molecule has 0 amide bonds. The lowest BCUT2D eigenvalue weighted by Gasteiger charge is -2.59. The molecule has 0 aromatic heterocycles. The van der Waals surface area contributed by atoms with Gasteiger partial charge in [-0.05, 0) is 97.2 Å². The maximum atomic E-state index is 11.3. The van der Waals surface area contributed by atoms with Crippen LogP contribution in [0.5, 0.6) is 0 Å². The molecule has 4 rings (SSSR count). The number of fused-ring (bicyclic) bond motifs is 5. The highest BCUT2D eigenvalue weighted by Gasteiger charge is 2.60. The zero-order valence-corrected chi connectivity index (χ0v) is 20.3. The van der Waals surface area contributed by atoms with E-state index in [9.17, 15) is 10.2 Å². The zero-order chi connectivity index (χ0) is 21.8. The van der Waals surface area contributed by atoms with Gasteiger partial charge >= 0.3 is 0 Å². The van der Waals surface area contributed by atoms with Crippen molar-refractivity contribution in [2.75, 3.05) is 0 Å². The van der Waals surface area contributed by atoms with Crippen LogP contribution in [0.4, 0.5) is 0 Å². The molecule has 0 heterocycles. The summed E-state index contributed by atoms with van der Waals surface area (Å²) >= 11 is 0. The van der Waals surface area contributed by atoms with Gasteiger partial charge in [0.15, 0.2) is 0 Å². The Balaban J connectivity index is 1.57. The van der Waals surface area contributed by atoms with Gasteiger partial charge in [0.1, 0.15) is 0 Å². The topological polar surface area (TPSA) is 40.5 Å². The average Bonchev–Trinajstić information content (AvgIpc) is 3.04. The lowest BCUT2D eigenvalue weighted by Crippen LogP contribution is -2.54. The minimum absolute atomic E-state index is 0.195. The fourth-order valence-corrected chi connectivity index (χ4v) is 8.24. The van der Waals surface area contributed by atoms with Crippen LogP contribution >= 0.6 is 0 Å². The van der Waals surface area contributed by atoms with Gasteiger partial charge in [0, 0.05) is 0 Å². The molecule has 4 aliphatic carbocycles. The number of aliphatic hydroxyl groups is 2. The second-order valence-corrected chi connectivity index (χ2v) is 12.4. The monoisotopic (exact) mass is 414 g/mol. The van der Waals surface area contributed by atoms with Gasteiger partial charge in [-0.3, -0.25) is 0 Å². The first-order valence-electron chi connectivity index (χ1n) is 12.8. The van der Waals surface area contributed by atoms with Gasteiger partial charge < -0.3 is 10.2 Å². The van der Waals surface area contributed by atoms with Gasteiger partial charge in [0.25, 0.3) is 0 Å². The fourth-order valence-electron chi connectivity index (χ4n) is 8.24. The number of allylic oxidation sites excluding steroid dienone is 2. The first-order chi connectivity index (χ1) is 14.1. The molecular formula is C28H46O2. The molecule has 0 radical (unpaired) electrons. The molecule has 3 fully saturated rings. The SMILES string of the molecule is CC(C)C(C)C=CC(C)C1CCC2C3C(O)C=C4CC(O)CCC4(C)C3CCC12C. The van der Waals surface area contributed by atoms with Crippen molar-refractivity contribution >= 4 is 0 Å². The highest BCUT2D eigenvalue weighted by molar-refractivity contribution is 5.28. The van der Waals surface area contributed by atoms with Crippen molar-refractivity contribution in [1.82, 2.24) is 0 Å². The number of rotatable bonds is 4. The molecule has 2 nitrogen and oxygen atoms in total. The fraction of sp³-hybridized carbons (Fsp3) is 0.857. The van der Waals surface area contributed by atoms with E-state index in [1.165, 1.54) is 31.3 Å². The van der Waals surface area contributed by atoms with E-state index in [2.05, 4.69) is 59.8 Å². The maximum Gasteiger partial charge on any atom is 0.0757 e. The van der Waals surface area contributed by atoms with E-state index in [0.717, 1.165) is 25.2 Å². The second-order valence-electron chi connectivity index (χ2n) is 12.4. The summed E-state index contributed by atoms with van der Waals surface area (Å²) in [5.41, 5.74) is 1.90. The van der Waals surface area contributed by atoms with Gasteiger partial charge in [-0.2, -0.15) is 0 Å². The number of hydrogen-bond donors (Lipinski definition) is 2. The van der Waals surface area contributed by atoms with Gasteiger partial charge in [-0.1, -0.05) is 65.3 Å². The maximum absolute atomic E-state index is 11.3. The molecule has 10 atom stereocenters. The van der Waals surface area contributed by atoms with Crippen LogP contribution in [0.15, 0.2) is 23.8 Å². The smallest absolute Gasteiger partial charge is 0.0757 e. The summed E-state index contributed by atoms with van der Waals surface area (Å²) in [6, 6.07) is 0. The minimum atomic E-state index is -0.321. The Kier molecular flexibility index (Phi) is 6.08. The normalized spacial score (nSPS) is 48.1. The Hall–Kier alpha value is -0.600. The largest absolute Gasteiger partial charge is 0.393 e. The Bertz CT molecular complexity index is 693. The van der Waals surface area contributed by atoms with E-state index in [-0.39, 0.29) is 17.6 Å². The lowest BCUT2D eigenvalue weighted by atomic mass is 9.46. The average molecular weight is 415 g/mol. The minimum Gasteiger partial charge on any atom is -0.393 e. The van der Waals surface area contributed by atoms with Gasteiger partial charge in [-0.25, -0.2) is 0 Å². The quantitative estimate of drug-likeness (QED) is 0.524. The van der Waals surface area contributed by atoms with E-state index in [1.807, 2.05) is 0 Å².